The van der Waals surface area contributed by atoms with Crippen LogP contribution in [-0.2, 0) is 0 Å². The van der Waals surface area contributed by atoms with Crippen LogP contribution in [0.4, 0.5) is 0 Å². The number of hydrogen-bond acceptors (Lipinski definition) is 2. The molecule has 0 spiro atoms. The molecule has 2 fully saturated rings. The Hall–Kier alpha value is -0.0800. The third-order valence-corrected chi connectivity index (χ3v) is 5.02. The van der Waals surface area contributed by atoms with E-state index in [1.807, 2.05) is 0 Å². The highest BCUT2D eigenvalue weighted by Gasteiger charge is 2.38. The van der Waals surface area contributed by atoms with Gasteiger partial charge in [0.1, 0.15) is 0 Å². The molecule has 106 valence electrons. The van der Waals surface area contributed by atoms with Crippen molar-refractivity contribution in [3.05, 3.63) is 0 Å². The second kappa shape index (κ2) is 6.38. The summed E-state index contributed by atoms with van der Waals surface area (Å²) in [4.78, 5) is 2.80. The molecule has 0 aromatic carbocycles. The Morgan fingerprint density at radius 2 is 2.00 bits per heavy atom. The van der Waals surface area contributed by atoms with Gasteiger partial charge in [0.15, 0.2) is 0 Å². The maximum absolute atomic E-state index is 3.72. The summed E-state index contributed by atoms with van der Waals surface area (Å²) in [5, 5.41) is 3.72. The molecular formula is C16H32N2. The molecule has 1 heterocycles. The zero-order valence-corrected chi connectivity index (χ0v) is 12.7. The SMILES string of the molecule is CCCN(CC1CCCCN1)C1CCCC1(C)C. The van der Waals surface area contributed by atoms with Gasteiger partial charge in [-0.25, -0.2) is 0 Å². The van der Waals surface area contributed by atoms with E-state index in [0.29, 0.717) is 5.41 Å². The van der Waals surface area contributed by atoms with Gasteiger partial charge in [0.05, 0.1) is 0 Å². The van der Waals surface area contributed by atoms with Crippen LogP contribution in [0.25, 0.3) is 0 Å². The van der Waals surface area contributed by atoms with Crippen molar-refractivity contribution in [2.24, 2.45) is 5.41 Å². The Morgan fingerprint density at radius 1 is 1.17 bits per heavy atom. The highest BCUT2D eigenvalue weighted by Crippen LogP contribution is 2.40. The first kappa shape index (κ1) is 14.3. The average molecular weight is 252 g/mol. The summed E-state index contributed by atoms with van der Waals surface area (Å²) in [6.07, 6.45) is 9.73. The Labute approximate surface area is 114 Å². The molecule has 1 saturated carbocycles. The molecule has 1 saturated heterocycles. The fraction of sp³-hybridized carbons (Fsp3) is 1.00. The van der Waals surface area contributed by atoms with E-state index in [0.717, 1.165) is 12.1 Å². The van der Waals surface area contributed by atoms with Crippen LogP contribution in [0.3, 0.4) is 0 Å². The predicted octanol–water partition coefficient (Wildman–Crippen LogP) is 3.42. The highest BCUT2D eigenvalue weighted by atomic mass is 15.2. The number of rotatable bonds is 5. The van der Waals surface area contributed by atoms with Crippen LogP contribution in [0.2, 0.25) is 0 Å². The van der Waals surface area contributed by atoms with Crippen LogP contribution in [-0.4, -0.2) is 36.6 Å². The number of piperidine rings is 1. The quantitative estimate of drug-likeness (QED) is 0.806. The molecule has 2 nitrogen and oxygen atoms in total. The van der Waals surface area contributed by atoms with Gasteiger partial charge in [0.25, 0.3) is 0 Å². The van der Waals surface area contributed by atoms with Crippen LogP contribution in [0.5, 0.6) is 0 Å². The van der Waals surface area contributed by atoms with E-state index in [4.69, 9.17) is 0 Å². The lowest BCUT2D eigenvalue weighted by Gasteiger charge is -2.40. The lowest BCUT2D eigenvalue weighted by molar-refractivity contribution is 0.0968. The minimum atomic E-state index is 0.532. The number of nitrogens with one attached hydrogen (secondary N) is 1. The van der Waals surface area contributed by atoms with Gasteiger partial charge < -0.3 is 5.32 Å². The van der Waals surface area contributed by atoms with Crippen molar-refractivity contribution < 1.29 is 0 Å². The van der Waals surface area contributed by atoms with Crippen LogP contribution in [0, 0.1) is 5.41 Å². The summed E-state index contributed by atoms with van der Waals surface area (Å²) in [6.45, 7) is 11.1. The zero-order chi connectivity index (χ0) is 13.0. The second-order valence-corrected chi connectivity index (χ2v) is 7.04. The Morgan fingerprint density at radius 3 is 2.56 bits per heavy atom. The fourth-order valence-corrected chi connectivity index (χ4v) is 4.01. The van der Waals surface area contributed by atoms with Gasteiger partial charge in [0.2, 0.25) is 0 Å². The topological polar surface area (TPSA) is 15.3 Å². The van der Waals surface area contributed by atoms with Crippen molar-refractivity contribution in [2.75, 3.05) is 19.6 Å². The summed E-state index contributed by atoms with van der Waals surface area (Å²) in [7, 11) is 0. The molecule has 2 aliphatic rings. The molecule has 2 rings (SSSR count). The lowest BCUT2D eigenvalue weighted by Crippen LogP contribution is -2.50. The highest BCUT2D eigenvalue weighted by molar-refractivity contribution is 4.93. The van der Waals surface area contributed by atoms with Gasteiger partial charge in [-0.2, -0.15) is 0 Å². The molecule has 0 radical (unpaired) electrons. The summed E-state index contributed by atoms with van der Waals surface area (Å²) >= 11 is 0. The smallest absolute Gasteiger partial charge is 0.0195 e. The minimum Gasteiger partial charge on any atom is -0.313 e. The molecule has 2 heteroatoms. The van der Waals surface area contributed by atoms with E-state index in [9.17, 15) is 0 Å². The lowest BCUT2D eigenvalue weighted by atomic mass is 9.86. The van der Waals surface area contributed by atoms with Crippen molar-refractivity contribution in [1.82, 2.24) is 10.2 Å². The van der Waals surface area contributed by atoms with Gasteiger partial charge in [-0.3, -0.25) is 4.90 Å². The first-order chi connectivity index (χ1) is 8.63. The molecule has 0 bridgehead atoms. The third-order valence-electron chi connectivity index (χ3n) is 5.02. The van der Waals surface area contributed by atoms with Gasteiger partial charge in [-0.05, 0) is 50.6 Å². The number of hydrogen-bond donors (Lipinski definition) is 1. The first-order valence-electron chi connectivity index (χ1n) is 8.11. The molecular weight excluding hydrogens is 220 g/mol. The van der Waals surface area contributed by atoms with Gasteiger partial charge in [-0.1, -0.05) is 33.6 Å². The molecule has 2 atom stereocenters. The van der Waals surface area contributed by atoms with E-state index in [1.54, 1.807) is 0 Å². The Bertz CT molecular complexity index is 243. The third kappa shape index (κ3) is 3.48. The maximum atomic E-state index is 3.72. The predicted molar refractivity (Wildman–Crippen MR) is 78.9 cm³/mol. The molecule has 0 amide bonds. The second-order valence-electron chi connectivity index (χ2n) is 7.04. The Balaban J connectivity index is 1.94. The van der Waals surface area contributed by atoms with Crippen molar-refractivity contribution in [3.63, 3.8) is 0 Å². The van der Waals surface area contributed by atoms with E-state index in [-0.39, 0.29) is 0 Å². The van der Waals surface area contributed by atoms with Crippen molar-refractivity contribution in [2.45, 2.75) is 77.8 Å². The zero-order valence-electron chi connectivity index (χ0n) is 12.7. The first-order valence-corrected chi connectivity index (χ1v) is 8.11. The van der Waals surface area contributed by atoms with Crippen molar-refractivity contribution >= 4 is 0 Å². The Kier molecular flexibility index (Phi) is 5.08. The summed E-state index contributed by atoms with van der Waals surface area (Å²) < 4.78 is 0. The summed E-state index contributed by atoms with van der Waals surface area (Å²) in [5.74, 6) is 0. The van der Waals surface area contributed by atoms with Gasteiger partial charge in [0, 0.05) is 18.6 Å². The van der Waals surface area contributed by atoms with E-state index in [1.165, 1.54) is 64.6 Å². The average Bonchev–Trinajstić information content (AvgIpc) is 2.70. The molecule has 0 aromatic rings. The largest absolute Gasteiger partial charge is 0.313 e. The van der Waals surface area contributed by atoms with Crippen molar-refractivity contribution in [3.8, 4) is 0 Å². The monoisotopic (exact) mass is 252 g/mol. The van der Waals surface area contributed by atoms with Crippen LogP contribution in [0.1, 0.15) is 65.7 Å². The molecule has 18 heavy (non-hydrogen) atoms. The van der Waals surface area contributed by atoms with E-state index in [2.05, 4.69) is 31.0 Å². The van der Waals surface area contributed by atoms with Gasteiger partial charge in [-0.15, -0.1) is 0 Å². The maximum Gasteiger partial charge on any atom is 0.0195 e. The number of nitrogens with zero attached hydrogens (tertiary/aromatic N) is 1. The normalized spacial score (nSPS) is 32.0. The summed E-state index contributed by atoms with van der Waals surface area (Å²) in [6, 6.07) is 1.57. The van der Waals surface area contributed by atoms with Gasteiger partial charge >= 0.3 is 0 Å². The van der Waals surface area contributed by atoms with Crippen LogP contribution >= 0.6 is 0 Å². The minimum absolute atomic E-state index is 0.532. The van der Waals surface area contributed by atoms with E-state index < -0.39 is 0 Å². The van der Waals surface area contributed by atoms with E-state index >= 15 is 0 Å². The summed E-state index contributed by atoms with van der Waals surface area (Å²) in [5.41, 5.74) is 0.532. The molecule has 1 aliphatic carbocycles. The molecule has 0 aromatic heterocycles. The molecule has 2 unspecified atom stereocenters. The standard InChI is InChI=1S/C16H32N2/c1-4-12-18(13-14-8-5-6-11-17-14)15-9-7-10-16(15,2)3/h14-15,17H,4-13H2,1-3H3. The van der Waals surface area contributed by atoms with Crippen LogP contribution in [0.15, 0.2) is 0 Å². The van der Waals surface area contributed by atoms with Crippen molar-refractivity contribution in [1.29, 1.82) is 0 Å². The molecule has 1 aliphatic heterocycles. The molecule has 1 N–H and O–H groups in total. The van der Waals surface area contributed by atoms with Crippen LogP contribution < -0.4 is 5.32 Å². The fourth-order valence-electron chi connectivity index (χ4n) is 4.01.